The van der Waals surface area contributed by atoms with Gasteiger partial charge in [0.2, 0.25) is 5.91 Å². The highest BCUT2D eigenvalue weighted by atomic mass is 16.5. The number of carbonyl (C=O) groups excluding carboxylic acids is 1. The standard InChI is InChI=1S/C14H25N3O2/c1-19-10-8-12(15-9-10)14(18)16-11-5-7-17-6-3-2-4-13(11)17/h10-13,15H,2-9H2,1H3,(H,16,18). The quantitative estimate of drug-likeness (QED) is 0.762. The molecule has 3 aliphatic heterocycles. The Kier molecular flexibility index (Phi) is 4.05. The molecule has 1 amide bonds. The van der Waals surface area contributed by atoms with E-state index in [0.29, 0.717) is 12.1 Å². The molecule has 0 saturated carbocycles. The maximum absolute atomic E-state index is 12.3. The number of ether oxygens (including phenoxy) is 1. The summed E-state index contributed by atoms with van der Waals surface area (Å²) in [4.78, 5) is 14.8. The molecule has 19 heavy (non-hydrogen) atoms. The number of hydrogen-bond donors (Lipinski definition) is 2. The predicted molar refractivity (Wildman–Crippen MR) is 73.0 cm³/mol. The normalized spacial score (nSPS) is 39.2. The fraction of sp³-hybridized carbons (Fsp3) is 0.929. The second-order valence-electron chi connectivity index (χ2n) is 6.06. The van der Waals surface area contributed by atoms with E-state index in [0.717, 1.165) is 25.9 Å². The number of rotatable bonds is 3. The van der Waals surface area contributed by atoms with Crippen LogP contribution in [0.5, 0.6) is 0 Å². The van der Waals surface area contributed by atoms with Gasteiger partial charge in [-0.05, 0) is 32.2 Å². The molecule has 5 heteroatoms. The number of carbonyl (C=O) groups is 1. The van der Waals surface area contributed by atoms with E-state index in [1.807, 2.05) is 0 Å². The number of nitrogens with one attached hydrogen (secondary N) is 2. The van der Waals surface area contributed by atoms with Crippen LogP contribution in [0.4, 0.5) is 0 Å². The fourth-order valence-corrected chi connectivity index (χ4v) is 3.78. The molecule has 3 rings (SSSR count). The lowest BCUT2D eigenvalue weighted by Gasteiger charge is -2.32. The minimum atomic E-state index is -0.0670. The smallest absolute Gasteiger partial charge is 0.237 e. The van der Waals surface area contributed by atoms with Crippen LogP contribution in [0, 0.1) is 0 Å². The van der Waals surface area contributed by atoms with E-state index >= 15 is 0 Å². The average Bonchev–Trinajstić information content (AvgIpc) is 3.06. The Morgan fingerprint density at radius 2 is 2.21 bits per heavy atom. The third-order valence-corrected chi connectivity index (χ3v) is 4.92. The number of methoxy groups -OCH3 is 1. The zero-order valence-electron chi connectivity index (χ0n) is 11.7. The van der Waals surface area contributed by atoms with Gasteiger partial charge in [0.05, 0.1) is 12.1 Å². The molecule has 0 aromatic rings. The summed E-state index contributed by atoms with van der Waals surface area (Å²) in [7, 11) is 1.71. The van der Waals surface area contributed by atoms with E-state index < -0.39 is 0 Å². The minimum Gasteiger partial charge on any atom is -0.380 e. The minimum absolute atomic E-state index is 0.0670. The van der Waals surface area contributed by atoms with Crippen molar-refractivity contribution < 1.29 is 9.53 Å². The highest BCUT2D eigenvalue weighted by Crippen LogP contribution is 2.27. The maximum atomic E-state index is 12.3. The predicted octanol–water partition coefficient (Wildman–Crippen LogP) is 0.106. The summed E-state index contributed by atoms with van der Waals surface area (Å²) in [6, 6.07) is 0.871. The van der Waals surface area contributed by atoms with Crippen molar-refractivity contribution in [3.05, 3.63) is 0 Å². The summed E-state index contributed by atoms with van der Waals surface area (Å²) in [5.74, 6) is 0.164. The lowest BCUT2D eigenvalue weighted by atomic mass is 9.98. The van der Waals surface area contributed by atoms with Gasteiger partial charge < -0.3 is 15.4 Å². The van der Waals surface area contributed by atoms with Crippen LogP contribution in [0.2, 0.25) is 0 Å². The van der Waals surface area contributed by atoms with E-state index in [-0.39, 0.29) is 18.1 Å². The van der Waals surface area contributed by atoms with E-state index in [1.54, 1.807) is 7.11 Å². The lowest BCUT2D eigenvalue weighted by molar-refractivity contribution is -0.123. The first-order valence-electron chi connectivity index (χ1n) is 7.58. The highest BCUT2D eigenvalue weighted by Gasteiger charge is 2.38. The second kappa shape index (κ2) is 5.77. The molecule has 0 aromatic carbocycles. The summed E-state index contributed by atoms with van der Waals surface area (Å²) in [5, 5.41) is 6.52. The van der Waals surface area contributed by atoms with Crippen molar-refractivity contribution in [2.75, 3.05) is 26.7 Å². The van der Waals surface area contributed by atoms with Gasteiger partial charge in [-0.3, -0.25) is 9.69 Å². The lowest BCUT2D eigenvalue weighted by Crippen LogP contribution is -2.51. The molecule has 4 unspecified atom stereocenters. The Morgan fingerprint density at radius 1 is 1.32 bits per heavy atom. The Labute approximate surface area is 115 Å². The van der Waals surface area contributed by atoms with Crippen molar-refractivity contribution in [1.29, 1.82) is 0 Å². The molecule has 0 aromatic heterocycles. The molecule has 3 heterocycles. The topological polar surface area (TPSA) is 53.6 Å². The Bertz CT molecular complexity index is 337. The van der Waals surface area contributed by atoms with Crippen LogP contribution in [0.1, 0.15) is 32.1 Å². The number of nitrogens with zero attached hydrogens (tertiary/aromatic N) is 1. The number of amides is 1. The molecule has 3 fully saturated rings. The highest BCUT2D eigenvalue weighted by molar-refractivity contribution is 5.82. The number of piperidine rings is 1. The van der Waals surface area contributed by atoms with Gasteiger partial charge in [0.25, 0.3) is 0 Å². The zero-order valence-corrected chi connectivity index (χ0v) is 11.7. The van der Waals surface area contributed by atoms with Gasteiger partial charge in [0.1, 0.15) is 0 Å². The molecule has 108 valence electrons. The molecule has 3 saturated heterocycles. The molecule has 3 aliphatic rings. The molecular weight excluding hydrogens is 242 g/mol. The summed E-state index contributed by atoms with van der Waals surface area (Å²) in [6.45, 7) is 3.15. The molecule has 0 spiro atoms. The molecule has 2 N–H and O–H groups in total. The van der Waals surface area contributed by atoms with Crippen molar-refractivity contribution in [3.8, 4) is 0 Å². The van der Waals surface area contributed by atoms with E-state index in [2.05, 4.69) is 15.5 Å². The Hall–Kier alpha value is -0.650. The summed E-state index contributed by atoms with van der Waals surface area (Å²) < 4.78 is 5.30. The first kappa shape index (κ1) is 13.3. The van der Waals surface area contributed by atoms with E-state index in [4.69, 9.17) is 4.74 Å². The Balaban J connectivity index is 1.52. The van der Waals surface area contributed by atoms with Crippen molar-refractivity contribution >= 4 is 5.91 Å². The number of hydrogen-bond acceptors (Lipinski definition) is 4. The third kappa shape index (κ3) is 2.78. The molecule has 0 aliphatic carbocycles. The van der Waals surface area contributed by atoms with Crippen molar-refractivity contribution in [2.45, 2.75) is 56.3 Å². The van der Waals surface area contributed by atoms with Crippen LogP contribution in [0.15, 0.2) is 0 Å². The number of fused-ring (bicyclic) bond motifs is 1. The van der Waals surface area contributed by atoms with Gasteiger partial charge in [0, 0.05) is 32.3 Å². The zero-order chi connectivity index (χ0) is 13.2. The van der Waals surface area contributed by atoms with Crippen LogP contribution >= 0.6 is 0 Å². The van der Waals surface area contributed by atoms with Crippen LogP contribution in [-0.4, -0.2) is 61.8 Å². The summed E-state index contributed by atoms with van der Waals surface area (Å²) >= 11 is 0. The first-order valence-corrected chi connectivity index (χ1v) is 7.58. The van der Waals surface area contributed by atoms with E-state index in [9.17, 15) is 4.79 Å². The second-order valence-corrected chi connectivity index (χ2v) is 6.06. The fourth-order valence-electron chi connectivity index (χ4n) is 3.78. The molecule has 4 atom stereocenters. The van der Waals surface area contributed by atoms with Gasteiger partial charge in [-0.2, -0.15) is 0 Å². The summed E-state index contributed by atoms with van der Waals surface area (Å²) in [6.07, 6.45) is 5.95. The SMILES string of the molecule is COC1CNC(C(=O)NC2CCN3CCCCC23)C1. The summed E-state index contributed by atoms with van der Waals surface area (Å²) in [5.41, 5.74) is 0. The average molecular weight is 267 g/mol. The van der Waals surface area contributed by atoms with E-state index in [1.165, 1.54) is 25.8 Å². The van der Waals surface area contributed by atoms with Crippen LogP contribution in [0.25, 0.3) is 0 Å². The third-order valence-electron chi connectivity index (χ3n) is 4.92. The molecule has 5 nitrogen and oxygen atoms in total. The van der Waals surface area contributed by atoms with Gasteiger partial charge in [-0.1, -0.05) is 6.42 Å². The molecule has 0 radical (unpaired) electrons. The van der Waals surface area contributed by atoms with Gasteiger partial charge in [-0.25, -0.2) is 0 Å². The maximum Gasteiger partial charge on any atom is 0.237 e. The van der Waals surface area contributed by atoms with Crippen molar-refractivity contribution in [1.82, 2.24) is 15.5 Å². The van der Waals surface area contributed by atoms with Crippen LogP contribution in [-0.2, 0) is 9.53 Å². The van der Waals surface area contributed by atoms with Crippen LogP contribution in [0.3, 0.4) is 0 Å². The molecular formula is C14H25N3O2. The Morgan fingerprint density at radius 3 is 3.00 bits per heavy atom. The van der Waals surface area contributed by atoms with Crippen molar-refractivity contribution in [2.24, 2.45) is 0 Å². The first-order chi connectivity index (χ1) is 9.28. The monoisotopic (exact) mass is 267 g/mol. The largest absolute Gasteiger partial charge is 0.380 e. The van der Waals surface area contributed by atoms with Gasteiger partial charge >= 0.3 is 0 Å². The van der Waals surface area contributed by atoms with Crippen molar-refractivity contribution in [3.63, 3.8) is 0 Å². The van der Waals surface area contributed by atoms with Crippen LogP contribution < -0.4 is 10.6 Å². The molecule has 0 bridgehead atoms. The van der Waals surface area contributed by atoms with Gasteiger partial charge in [-0.15, -0.1) is 0 Å². The van der Waals surface area contributed by atoms with Gasteiger partial charge in [0.15, 0.2) is 0 Å².